The molecule has 0 bridgehead atoms. The SMILES string of the molecule is Cc1cccc(N2C(=O)C(=O)/C(=C(\O)c3ccc4c(c3)OCO4)C2c2cccnc2)c1. The van der Waals surface area contributed by atoms with Crippen molar-refractivity contribution in [3.63, 3.8) is 0 Å². The number of carbonyl (C=O) groups excluding carboxylic acids is 2. The van der Waals surface area contributed by atoms with E-state index in [1.54, 1.807) is 48.8 Å². The highest BCUT2D eigenvalue weighted by molar-refractivity contribution is 6.51. The maximum Gasteiger partial charge on any atom is 0.300 e. The van der Waals surface area contributed by atoms with Crippen LogP contribution in [0, 0.1) is 6.92 Å². The number of fused-ring (bicyclic) bond motifs is 1. The molecule has 7 heteroatoms. The van der Waals surface area contributed by atoms with Crippen molar-refractivity contribution in [2.75, 3.05) is 11.7 Å². The number of rotatable bonds is 3. The van der Waals surface area contributed by atoms with Gasteiger partial charge in [-0.3, -0.25) is 19.5 Å². The average Bonchev–Trinajstić information content (AvgIpc) is 3.36. The van der Waals surface area contributed by atoms with Gasteiger partial charge in [-0.05, 0) is 54.4 Å². The minimum absolute atomic E-state index is 0.00151. The van der Waals surface area contributed by atoms with Crippen molar-refractivity contribution in [1.82, 2.24) is 4.98 Å². The summed E-state index contributed by atoms with van der Waals surface area (Å²) in [6.45, 7) is 2.00. The molecule has 1 atom stereocenters. The van der Waals surface area contributed by atoms with Crippen LogP contribution in [0.4, 0.5) is 5.69 Å². The van der Waals surface area contributed by atoms with E-state index in [1.165, 1.54) is 4.90 Å². The van der Waals surface area contributed by atoms with Crippen molar-refractivity contribution < 1.29 is 24.2 Å². The molecule has 3 heterocycles. The second-order valence-corrected chi connectivity index (χ2v) is 7.36. The van der Waals surface area contributed by atoms with Crippen LogP contribution in [0.25, 0.3) is 5.76 Å². The van der Waals surface area contributed by atoms with E-state index in [0.29, 0.717) is 28.3 Å². The predicted molar refractivity (Wildman–Crippen MR) is 113 cm³/mol. The van der Waals surface area contributed by atoms with Crippen LogP contribution in [0.5, 0.6) is 11.5 Å². The molecular weight excluding hydrogens is 396 g/mol. The molecule has 154 valence electrons. The smallest absolute Gasteiger partial charge is 0.300 e. The van der Waals surface area contributed by atoms with Crippen molar-refractivity contribution in [1.29, 1.82) is 0 Å². The molecule has 5 rings (SSSR count). The first kappa shape index (κ1) is 18.9. The van der Waals surface area contributed by atoms with Gasteiger partial charge in [-0.15, -0.1) is 0 Å². The Morgan fingerprint density at radius 1 is 1.06 bits per heavy atom. The first-order chi connectivity index (χ1) is 15.0. The summed E-state index contributed by atoms with van der Waals surface area (Å²) in [5.74, 6) is -0.719. The number of amides is 1. The van der Waals surface area contributed by atoms with Gasteiger partial charge in [-0.2, -0.15) is 0 Å². The number of anilines is 1. The number of ether oxygens (including phenoxy) is 2. The van der Waals surface area contributed by atoms with Crippen molar-refractivity contribution >= 4 is 23.1 Å². The number of aliphatic hydroxyl groups is 1. The van der Waals surface area contributed by atoms with E-state index in [-0.39, 0.29) is 18.1 Å². The van der Waals surface area contributed by atoms with Crippen LogP contribution < -0.4 is 14.4 Å². The zero-order chi connectivity index (χ0) is 21.5. The molecule has 1 unspecified atom stereocenters. The third kappa shape index (κ3) is 3.11. The molecule has 1 fully saturated rings. The van der Waals surface area contributed by atoms with Crippen LogP contribution in [0.3, 0.4) is 0 Å². The summed E-state index contributed by atoms with van der Waals surface area (Å²) in [5, 5.41) is 11.2. The molecule has 1 amide bonds. The van der Waals surface area contributed by atoms with Crippen LogP contribution >= 0.6 is 0 Å². The van der Waals surface area contributed by atoms with Crippen LogP contribution in [0.2, 0.25) is 0 Å². The first-order valence-electron chi connectivity index (χ1n) is 9.72. The molecule has 0 spiro atoms. The first-order valence-corrected chi connectivity index (χ1v) is 9.72. The molecule has 1 saturated heterocycles. The number of aromatic nitrogens is 1. The number of benzene rings is 2. The van der Waals surface area contributed by atoms with Gasteiger partial charge in [0.25, 0.3) is 11.7 Å². The van der Waals surface area contributed by atoms with Crippen molar-refractivity contribution in [3.8, 4) is 11.5 Å². The number of hydrogen-bond acceptors (Lipinski definition) is 6. The number of aryl methyl sites for hydroxylation is 1. The second-order valence-electron chi connectivity index (χ2n) is 7.36. The van der Waals surface area contributed by atoms with Crippen molar-refractivity contribution in [3.05, 3.63) is 89.3 Å². The van der Waals surface area contributed by atoms with E-state index in [4.69, 9.17) is 9.47 Å². The lowest BCUT2D eigenvalue weighted by Crippen LogP contribution is -2.29. The van der Waals surface area contributed by atoms with E-state index < -0.39 is 17.7 Å². The summed E-state index contributed by atoms with van der Waals surface area (Å²) in [6, 6.07) is 14.9. The number of pyridine rings is 1. The Hall–Kier alpha value is -4.13. The lowest BCUT2D eigenvalue weighted by atomic mass is 9.96. The average molecular weight is 414 g/mol. The minimum Gasteiger partial charge on any atom is -0.507 e. The Bertz CT molecular complexity index is 1240. The van der Waals surface area contributed by atoms with E-state index in [0.717, 1.165) is 5.56 Å². The molecule has 31 heavy (non-hydrogen) atoms. The maximum absolute atomic E-state index is 13.1. The van der Waals surface area contributed by atoms with Crippen molar-refractivity contribution in [2.24, 2.45) is 0 Å². The van der Waals surface area contributed by atoms with E-state index >= 15 is 0 Å². The number of nitrogens with zero attached hydrogens (tertiary/aromatic N) is 2. The number of aliphatic hydroxyl groups excluding tert-OH is 1. The zero-order valence-corrected chi connectivity index (χ0v) is 16.6. The quantitative estimate of drug-likeness (QED) is 0.399. The van der Waals surface area contributed by atoms with Gasteiger partial charge in [0, 0.05) is 23.6 Å². The fraction of sp³-hybridized carbons (Fsp3) is 0.125. The zero-order valence-electron chi connectivity index (χ0n) is 16.6. The van der Waals surface area contributed by atoms with Crippen LogP contribution in [-0.2, 0) is 9.59 Å². The Labute approximate surface area is 178 Å². The third-order valence-corrected chi connectivity index (χ3v) is 5.37. The molecule has 1 aromatic heterocycles. The molecule has 3 aromatic rings. The number of hydrogen-bond donors (Lipinski definition) is 1. The largest absolute Gasteiger partial charge is 0.507 e. The number of ketones is 1. The van der Waals surface area contributed by atoms with E-state index in [2.05, 4.69) is 4.98 Å². The van der Waals surface area contributed by atoms with Gasteiger partial charge in [0.15, 0.2) is 11.5 Å². The van der Waals surface area contributed by atoms with E-state index in [1.807, 2.05) is 25.1 Å². The summed E-state index contributed by atoms with van der Waals surface area (Å²) < 4.78 is 10.7. The highest BCUT2D eigenvalue weighted by atomic mass is 16.7. The molecular formula is C24H18N2O5. The fourth-order valence-electron chi connectivity index (χ4n) is 3.93. The number of carbonyl (C=O) groups is 2. The van der Waals surface area contributed by atoms with Gasteiger partial charge in [0.2, 0.25) is 6.79 Å². The summed E-state index contributed by atoms with van der Waals surface area (Å²) in [5.41, 5.74) is 2.49. The second kappa shape index (κ2) is 7.28. The monoisotopic (exact) mass is 414 g/mol. The highest BCUT2D eigenvalue weighted by Crippen LogP contribution is 2.43. The van der Waals surface area contributed by atoms with Gasteiger partial charge < -0.3 is 14.6 Å². The fourth-order valence-corrected chi connectivity index (χ4v) is 3.93. The maximum atomic E-state index is 13.1. The molecule has 7 nitrogen and oxygen atoms in total. The summed E-state index contributed by atoms with van der Waals surface area (Å²) >= 11 is 0. The van der Waals surface area contributed by atoms with Crippen LogP contribution in [0.1, 0.15) is 22.7 Å². The Balaban J connectivity index is 1.70. The topological polar surface area (TPSA) is 89.0 Å². The van der Waals surface area contributed by atoms with Gasteiger partial charge in [-0.1, -0.05) is 18.2 Å². The Morgan fingerprint density at radius 3 is 2.68 bits per heavy atom. The number of Topliss-reactive ketones (excluding diaryl/α,β-unsaturated/α-hetero) is 1. The molecule has 2 aliphatic heterocycles. The lowest BCUT2D eigenvalue weighted by molar-refractivity contribution is -0.132. The Kier molecular flexibility index (Phi) is 4.43. The molecule has 2 aliphatic rings. The van der Waals surface area contributed by atoms with Gasteiger partial charge in [-0.25, -0.2) is 0 Å². The van der Waals surface area contributed by atoms with Gasteiger partial charge in [0.1, 0.15) is 5.76 Å². The minimum atomic E-state index is -0.819. The third-order valence-electron chi connectivity index (χ3n) is 5.37. The van der Waals surface area contributed by atoms with Crippen LogP contribution in [-0.4, -0.2) is 28.6 Å². The highest BCUT2D eigenvalue weighted by Gasteiger charge is 2.47. The Morgan fingerprint density at radius 2 is 1.90 bits per heavy atom. The summed E-state index contributed by atoms with van der Waals surface area (Å²) in [4.78, 5) is 31.8. The standard InChI is InChI=1S/C24H18N2O5/c1-14-4-2-6-17(10-14)26-21(16-5-3-9-25-12-16)20(23(28)24(26)29)22(27)15-7-8-18-19(11-15)31-13-30-18/h2-12,21,27H,13H2,1H3/b22-20-. The normalized spacial score (nSPS) is 19.1. The lowest BCUT2D eigenvalue weighted by Gasteiger charge is -2.25. The van der Waals surface area contributed by atoms with E-state index in [9.17, 15) is 14.7 Å². The molecule has 1 N–H and O–H groups in total. The molecule has 0 saturated carbocycles. The summed E-state index contributed by atoms with van der Waals surface area (Å²) in [6.07, 6.45) is 3.20. The molecule has 2 aromatic carbocycles. The molecule has 0 radical (unpaired) electrons. The van der Waals surface area contributed by atoms with Gasteiger partial charge in [0.05, 0.1) is 11.6 Å². The predicted octanol–water partition coefficient (Wildman–Crippen LogP) is 3.75. The van der Waals surface area contributed by atoms with Crippen molar-refractivity contribution in [2.45, 2.75) is 13.0 Å². The molecule has 0 aliphatic carbocycles. The summed E-state index contributed by atoms with van der Waals surface area (Å²) in [7, 11) is 0. The van der Waals surface area contributed by atoms with Crippen LogP contribution in [0.15, 0.2) is 72.6 Å². The van der Waals surface area contributed by atoms with Gasteiger partial charge >= 0.3 is 0 Å².